The number of benzene rings is 3. The van der Waals surface area contributed by atoms with Gasteiger partial charge in [0.15, 0.2) is 0 Å². The van der Waals surface area contributed by atoms with Crippen molar-refractivity contribution in [3.8, 4) is 0 Å². The van der Waals surface area contributed by atoms with Crippen LogP contribution in [0.25, 0.3) is 10.8 Å². The Kier molecular flexibility index (Phi) is 6.87. The molecule has 36 heavy (non-hydrogen) atoms. The van der Waals surface area contributed by atoms with Crippen LogP contribution in [0.1, 0.15) is 31.2 Å². The maximum atomic E-state index is 13.0. The topological polar surface area (TPSA) is 43.9 Å². The fraction of sp³-hybridized carbons (Fsp3) is 0.407. The minimum Gasteiger partial charge on any atom is -0.369 e. The summed E-state index contributed by atoms with van der Waals surface area (Å²) in [5.74, 6) is 0. The summed E-state index contributed by atoms with van der Waals surface area (Å²) in [4.78, 5) is 4.93. The molecule has 0 atom stereocenters. The molecule has 0 unspecified atom stereocenters. The molecule has 3 aromatic rings. The summed E-state index contributed by atoms with van der Waals surface area (Å²) in [6, 6.07) is 16.6. The summed E-state index contributed by atoms with van der Waals surface area (Å²) >= 11 is 0. The lowest BCUT2D eigenvalue weighted by Crippen LogP contribution is -2.46. The summed E-state index contributed by atoms with van der Waals surface area (Å²) in [6.07, 6.45) is -0.457. The summed E-state index contributed by atoms with van der Waals surface area (Å²) in [5.41, 5.74) is 1.00. The molecule has 0 radical (unpaired) electrons. The first-order chi connectivity index (χ1) is 17.2. The molecule has 1 saturated heterocycles. The van der Waals surface area contributed by atoms with Gasteiger partial charge in [-0.15, -0.1) is 0 Å². The third kappa shape index (κ3) is 4.91. The number of nitrogens with zero attached hydrogens (tertiary/aromatic N) is 3. The van der Waals surface area contributed by atoms with E-state index in [0.717, 1.165) is 92.7 Å². The van der Waals surface area contributed by atoms with Gasteiger partial charge in [-0.25, -0.2) is 8.42 Å². The predicted molar refractivity (Wildman–Crippen MR) is 137 cm³/mol. The first kappa shape index (κ1) is 24.9. The van der Waals surface area contributed by atoms with Gasteiger partial charge in [0.05, 0.1) is 16.1 Å². The van der Waals surface area contributed by atoms with Gasteiger partial charge in [0.2, 0.25) is 0 Å². The SMILES string of the molecule is O=S1(=O)c2cccc3cccc(c23)N1CCCCCCN1CCN(c2ccc(C(F)(F)F)cc2)CC1. The molecular formula is C27H30F3N3O2S. The van der Waals surface area contributed by atoms with Gasteiger partial charge in [-0.2, -0.15) is 13.2 Å². The molecule has 0 saturated carbocycles. The maximum Gasteiger partial charge on any atom is 0.416 e. The van der Waals surface area contributed by atoms with E-state index in [1.807, 2.05) is 24.3 Å². The van der Waals surface area contributed by atoms with Gasteiger partial charge in [-0.05, 0) is 61.2 Å². The Morgan fingerprint density at radius 3 is 2.06 bits per heavy atom. The lowest BCUT2D eigenvalue weighted by Gasteiger charge is -2.36. The highest BCUT2D eigenvalue weighted by molar-refractivity contribution is 7.93. The third-order valence-electron chi connectivity index (χ3n) is 7.20. The van der Waals surface area contributed by atoms with Crippen molar-refractivity contribution in [1.29, 1.82) is 0 Å². The lowest BCUT2D eigenvalue weighted by atomic mass is 10.1. The molecule has 0 amide bonds. The number of piperazine rings is 1. The van der Waals surface area contributed by atoms with E-state index >= 15 is 0 Å². The van der Waals surface area contributed by atoms with Crippen LogP contribution in [0.15, 0.2) is 65.6 Å². The van der Waals surface area contributed by atoms with Crippen LogP contribution < -0.4 is 9.21 Å². The zero-order valence-electron chi connectivity index (χ0n) is 20.0. The number of rotatable bonds is 8. The van der Waals surface area contributed by atoms with Crippen LogP contribution in [0.3, 0.4) is 0 Å². The fourth-order valence-corrected chi connectivity index (χ4v) is 6.98. The van der Waals surface area contributed by atoms with Gasteiger partial charge >= 0.3 is 6.18 Å². The average Bonchev–Trinajstić information content (AvgIpc) is 3.09. The van der Waals surface area contributed by atoms with E-state index in [2.05, 4.69) is 9.80 Å². The van der Waals surface area contributed by atoms with Crippen molar-refractivity contribution in [3.63, 3.8) is 0 Å². The molecule has 1 fully saturated rings. The van der Waals surface area contributed by atoms with Crippen molar-refractivity contribution >= 4 is 32.2 Å². The van der Waals surface area contributed by atoms with E-state index in [9.17, 15) is 21.6 Å². The van der Waals surface area contributed by atoms with Crippen LogP contribution >= 0.6 is 0 Å². The molecule has 0 spiro atoms. The molecule has 0 aliphatic carbocycles. The van der Waals surface area contributed by atoms with Crippen molar-refractivity contribution in [3.05, 3.63) is 66.2 Å². The second kappa shape index (κ2) is 9.94. The van der Waals surface area contributed by atoms with Gasteiger partial charge in [-0.3, -0.25) is 9.21 Å². The normalized spacial score (nSPS) is 17.8. The Bertz CT molecular complexity index is 1310. The highest BCUT2D eigenvalue weighted by atomic mass is 32.2. The molecule has 2 aliphatic rings. The summed E-state index contributed by atoms with van der Waals surface area (Å²) < 4.78 is 66.0. The quantitative estimate of drug-likeness (QED) is 0.357. The molecule has 2 heterocycles. The zero-order chi connectivity index (χ0) is 25.3. The summed E-state index contributed by atoms with van der Waals surface area (Å²) in [5, 5.41) is 1.78. The molecule has 3 aromatic carbocycles. The molecule has 0 N–H and O–H groups in total. The Hall–Kier alpha value is -2.78. The third-order valence-corrected chi connectivity index (χ3v) is 9.05. The highest BCUT2D eigenvalue weighted by Crippen LogP contribution is 2.42. The van der Waals surface area contributed by atoms with E-state index < -0.39 is 21.8 Å². The smallest absolute Gasteiger partial charge is 0.369 e. The first-order valence-electron chi connectivity index (χ1n) is 12.4. The van der Waals surface area contributed by atoms with Crippen LogP contribution in [0, 0.1) is 0 Å². The van der Waals surface area contributed by atoms with Gasteiger partial charge < -0.3 is 4.90 Å². The summed E-state index contributed by atoms with van der Waals surface area (Å²) in [7, 11) is -3.48. The molecule has 5 nitrogen and oxygen atoms in total. The fourth-order valence-electron chi connectivity index (χ4n) is 5.23. The van der Waals surface area contributed by atoms with Gasteiger partial charge in [0.25, 0.3) is 10.0 Å². The standard InChI is InChI=1S/C27H30F3N3O2S/c28-27(29,30)22-11-13-23(14-12-22)32-19-17-31(18-20-32)15-3-1-2-4-16-33-24-9-5-7-21-8-6-10-25(26(21)24)36(33,34)35/h5-14H,1-4,15-20H2. The van der Waals surface area contributed by atoms with Crippen LogP contribution in [0.4, 0.5) is 24.5 Å². The average molecular weight is 518 g/mol. The van der Waals surface area contributed by atoms with Crippen LogP contribution in [0.2, 0.25) is 0 Å². The van der Waals surface area contributed by atoms with Crippen molar-refractivity contribution < 1.29 is 21.6 Å². The summed E-state index contributed by atoms with van der Waals surface area (Å²) in [6.45, 7) is 4.83. The minimum atomic E-state index is -4.31. The number of hydrogen-bond acceptors (Lipinski definition) is 4. The molecule has 5 rings (SSSR count). The number of unbranched alkanes of at least 4 members (excludes halogenated alkanes) is 3. The Morgan fingerprint density at radius 2 is 1.39 bits per heavy atom. The van der Waals surface area contributed by atoms with E-state index in [1.54, 1.807) is 28.6 Å². The van der Waals surface area contributed by atoms with E-state index in [-0.39, 0.29) is 0 Å². The zero-order valence-corrected chi connectivity index (χ0v) is 20.9. The minimum absolute atomic E-state index is 0.408. The van der Waals surface area contributed by atoms with Gasteiger partial charge in [0, 0.05) is 43.8 Å². The van der Waals surface area contributed by atoms with Crippen molar-refractivity contribution in [2.75, 3.05) is 48.5 Å². The van der Waals surface area contributed by atoms with Gasteiger partial charge in [-0.1, -0.05) is 37.1 Å². The first-order valence-corrected chi connectivity index (χ1v) is 13.9. The molecule has 2 aliphatic heterocycles. The number of hydrogen-bond donors (Lipinski definition) is 0. The largest absolute Gasteiger partial charge is 0.416 e. The Labute approximate surface area is 210 Å². The Morgan fingerprint density at radius 1 is 0.750 bits per heavy atom. The van der Waals surface area contributed by atoms with Crippen LogP contribution in [-0.2, 0) is 16.2 Å². The Balaban J connectivity index is 1.03. The molecule has 9 heteroatoms. The lowest BCUT2D eigenvalue weighted by molar-refractivity contribution is -0.137. The van der Waals surface area contributed by atoms with Crippen LogP contribution in [-0.4, -0.2) is 52.6 Å². The molecule has 0 aromatic heterocycles. The number of sulfonamides is 1. The van der Waals surface area contributed by atoms with Crippen molar-refractivity contribution in [2.45, 2.75) is 36.8 Å². The van der Waals surface area contributed by atoms with Crippen molar-refractivity contribution in [2.24, 2.45) is 0 Å². The van der Waals surface area contributed by atoms with Crippen LogP contribution in [0.5, 0.6) is 0 Å². The van der Waals surface area contributed by atoms with E-state index in [1.165, 1.54) is 0 Å². The molecular weight excluding hydrogens is 487 g/mol. The van der Waals surface area contributed by atoms with Crippen molar-refractivity contribution in [1.82, 2.24) is 4.90 Å². The predicted octanol–water partition coefficient (Wildman–Crippen LogP) is 5.75. The molecule has 0 bridgehead atoms. The van der Waals surface area contributed by atoms with Gasteiger partial charge in [0.1, 0.15) is 0 Å². The monoisotopic (exact) mass is 517 g/mol. The second-order valence-corrected chi connectivity index (χ2v) is 11.3. The number of anilines is 2. The van der Waals surface area contributed by atoms with E-state index in [0.29, 0.717) is 11.4 Å². The second-order valence-electron chi connectivity index (χ2n) is 9.50. The van der Waals surface area contributed by atoms with E-state index in [4.69, 9.17) is 0 Å². The number of alkyl halides is 3. The molecule has 192 valence electrons. The number of halogens is 3. The highest BCUT2D eigenvalue weighted by Gasteiger charge is 2.35. The maximum absolute atomic E-state index is 13.0.